The molecule has 0 atom stereocenters. The monoisotopic (exact) mass is 472 g/mol. The molecule has 1 amide bonds. The zero-order valence-corrected chi connectivity index (χ0v) is 18.7. The van der Waals surface area contributed by atoms with Crippen molar-refractivity contribution in [1.82, 2.24) is 14.8 Å². The topological polar surface area (TPSA) is 87.5 Å². The summed E-state index contributed by atoms with van der Waals surface area (Å²) >= 11 is 7.19. The van der Waals surface area contributed by atoms with E-state index in [0.29, 0.717) is 58.7 Å². The van der Waals surface area contributed by atoms with Gasteiger partial charge in [0.05, 0.1) is 5.75 Å². The molecule has 166 valence electrons. The van der Waals surface area contributed by atoms with Crippen molar-refractivity contribution < 1.29 is 19.0 Å². The standard InChI is InChI=1S/C22H21ClN4O4S/c1-2-9-27-20(13-31-17-6-3-15(23)4-7-17)25-26-22(27)32-14-21(28)24-16-5-8-18-19(12-16)30-11-10-29-18/h2-8,12H,1,9-11,13-14H2,(H,24,28). The number of allylic oxidation sites excluding steroid dienone is 1. The Labute approximate surface area is 194 Å². The van der Waals surface area contributed by atoms with Crippen molar-refractivity contribution in [1.29, 1.82) is 0 Å². The lowest BCUT2D eigenvalue weighted by Gasteiger charge is -2.19. The number of thioether (sulfide) groups is 1. The third kappa shape index (κ3) is 5.54. The summed E-state index contributed by atoms with van der Waals surface area (Å²) in [6.45, 7) is 5.53. The zero-order chi connectivity index (χ0) is 22.3. The number of benzene rings is 2. The summed E-state index contributed by atoms with van der Waals surface area (Å²) in [5.74, 6) is 2.61. The first kappa shape index (κ1) is 22.0. The third-order valence-electron chi connectivity index (χ3n) is 4.44. The molecular weight excluding hydrogens is 452 g/mol. The molecule has 0 saturated carbocycles. The maximum absolute atomic E-state index is 12.5. The maximum Gasteiger partial charge on any atom is 0.234 e. The van der Waals surface area contributed by atoms with Gasteiger partial charge in [0.2, 0.25) is 5.91 Å². The average molecular weight is 473 g/mol. The van der Waals surface area contributed by atoms with E-state index < -0.39 is 0 Å². The fraction of sp³-hybridized carbons (Fsp3) is 0.227. The Morgan fingerprint density at radius 3 is 2.75 bits per heavy atom. The van der Waals surface area contributed by atoms with Gasteiger partial charge in [-0.2, -0.15) is 0 Å². The minimum Gasteiger partial charge on any atom is -0.486 e. The highest BCUT2D eigenvalue weighted by Gasteiger charge is 2.16. The van der Waals surface area contributed by atoms with E-state index in [1.807, 2.05) is 4.57 Å². The number of hydrogen-bond donors (Lipinski definition) is 1. The molecule has 1 aliphatic rings. The average Bonchev–Trinajstić information content (AvgIpc) is 3.19. The summed E-state index contributed by atoms with van der Waals surface area (Å²) in [6, 6.07) is 12.4. The molecule has 0 spiro atoms. The van der Waals surface area contributed by atoms with Crippen LogP contribution in [0.2, 0.25) is 5.02 Å². The van der Waals surface area contributed by atoms with Gasteiger partial charge >= 0.3 is 0 Å². The predicted molar refractivity (Wildman–Crippen MR) is 123 cm³/mol. The summed E-state index contributed by atoms with van der Waals surface area (Å²) in [5.41, 5.74) is 0.643. The van der Waals surface area contributed by atoms with Gasteiger partial charge in [-0.3, -0.25) is 9.36 Å². The molecule has 4 rings (SSSR count). The Balaban J connectivity index is 1.35. The maximum atomic E-state index is 12.5. The van der Waals surface area contributed by atoms with Crippen molar-refractivity contribution in [2.24, 2.45) is 0 Å². The molecule has 0 saturated heterocycles. The highest BCUT2D eigenvalue weighted by molar-refractivity contribution is 7.99. The summed E-state index contributed by atoms with van der Waals surface area (Å²) < 4.78 is 18.7. The van der Waals surface area contributed by atoms with Crippen LogP contribution < -0.4 is 19.5 Å². The third-order valence-corrected chi connectivity index (χ3v) is 5.66. The largest absolute Gasteiger partial charge is 0.486 e. The van der Waals surface area contributed by atoms with Crippen molar-refractivity contribution in [3.63, 3.8) is 0 Å². The molecule has 0 radical (unpaired) electrons. The lowest BCUT2D eigenvalue weighted by atomic mass is 10.2. The molecule has 0 fully saturated rings. The number of carbonyl (C=O) groups excluding carboxylic acids is 1. The van der Waals surface area contributed by atoms with E-state index >= 15 is 0 Å². The number of nitrogens with one attached hydrogen (secondary N) is 1. The number of halogens is 1. The van der Waals surface area contributed by atoms with Gasteiger partial charge in [0.1, 0.15) is 25.6 Å². The van der Waals surface area contributed by atoms with Gasteiger partial charge < -0.3 is 19.5 Å². The SMILES string of the molecule is C=CCn1c(COc2ccc(Cl)cc2)nnc1SCC(=O)Nc1ccc2c(c1)OCCO2. The molecule has 1 aliphatic heterocycles. The Kier molecular flexibility index (Phi) is 7.18. The minimum atomic E-state index is -0.168. The van der Waals surface area contributed by atoms with Gasteiger partial charge in [-0.25, -0.2) is 0 Å². The molecule has 10 heteroatoms. The van der Waals surface area contributed by atoms with E-state index in [2.05, 4.69) is 22.1 Å². The highest BCUT2D eigenvalue weighted by atomic mass is 35.5. The van der Waals surface area contributed by atoms with Crippen LogP contribution in [0.5, 0.6) is 17.2 Å². The van der Waals surface area contributed by atoms with Crippen LogP contribution in [-0.2, 0) is 17.9 Å². The quantitative estimate of drug-likeness (QED) is 0.369. The van der Waals surface area contributed by atoms with Crippen molar-refractivity contribution in [3.8, 4) is 17.2 Å². The second kappa shape index (κ2) is 10.4. The first-order valence-electron chi connectivity index (χ1n) is 9.86. The van der Waals surface area contributed by atoms with E-state index in [0.717, 1.165) is 0 Å². The zero-order valence-electron chi connectivity index (χ0n) is 17.1. The van der Waals surface area contributed by atoms with Crippen molar-refractivity contribution in [2.45, 2.75) is 18.3 Å². The molecule has 0 aliphatic carbocycles. The van der Waals surface area contributed by atoms with Gasteiger partial charge in [-0.1, -0.05) is 29.4 Å². The second-order valence-corrected chi connectivity index (χ2v) is 8.11. The number of nitrogens with zero attached hydrogens (tertiary/aromatic N) is 3. The van der Waals surface area contributed by atoms with E-state index in [9.17, 15) is 4.79 Å². The van der Waals surface area contributed by atoms with Crippen molar-refractivity contribution >= 4 is 35.0 Å². The van der Waals surface area contributed by atoms with Crippen LogP contribution in [0, 0.1) is 0 Å². The Hall–Kier alpha value is -3.17. The molecule has 0 unspecified atom stereocenters. The van der Waals surface area contributed by atoms with E-state index in [-0.39, 0.29) is 18.3 Å². The molecule has 2 heterocycles. The van der Waals surface area contributed by atoms with Crippen molar-refractivity contribution in [3.05, 3.63) is 66.0 Å². The molecule has 32 heavy (non-hydrogen) atoms. The predicted octanol–water partition coefficient (Wildman–Crippen LogP) is 4.20. The Morgan fingerprint density at radius 2 is 1.97 bits per heavy atom. The Morgan fingerprint density at radius 1 is 1.19 bits per heavy atom. The number of rotatable bonds is 9. The molecule has 1 aromatic heterocycles. The molecule has 3 aromatic rings. The van der Waals surface area contributed by atoms with Crippen LogP contribution in [-0.4, -0.2) is 39.6 Å². The van der Waals surface area contributed by atoms with E-state index in [4.69, 9.17) is 25.8 Å². The molecule has 2 aromatic carbocycles. The summed E-state index contributed by atoms with van der Waals surface area (Å²) in [6.07, 6.45) is 1.74. The minimum absolute atomic E-state index is 0.168. The van der Waals surface area contributed by atoms with Crippen LogP contribution in [0.25, 0.3) is 0 Å². The first-order valence-corrected chi connectivity index (χ1v) is 11.2. The summed E-state index contributed by atoms with van der Waals surface area (Å²) in [5, 5.41) is 12.5. The fourth-order valence-corrected chi connectivity index (χ4v) is 3.86. The summed E-state index contributed by atoms with van der Waals surface area (Å²) in [7, 11) is 0. The van der Waals surface area contributed by atoms with Crippen LogP contribution >= 0.6 is 23.4 Å². The number of anilines is 1. The number of amides is 1. The van der Waals surface area contributed by atoms with Crippen molar-refractivity contribution in [2.75, 3.05) is 24.3 Å². The van der Waals surface area contributed by atoms with Gasteiger partial charge in [-0.15, -0.1) is 16.8 Å². The van der Waals surface area contributed by atoms with Gasteiger partial charge in [0.15, 0.2) is 22.5 Å². The lowest BCUT2D eigenvalue weighted by molar-refractivity contribution is -0.113. The lowest BCUT2D eigenvalue weighted by Crippen LogP contribution is -2.17. The van der Waals surface area contributed by atoms with Crippen LogP contribution in [0.15, 0.2) is 60.3 Å². The van der Waals surface area contributed by atoms with E-state index in [1.165, 1.54) is 11.8 Å². The van der Waals surface area contributed by atoms with Gasteiger partial charge in [0, 0.05) is 23.3 Å². The number of ether oxygens (including phenoxy) is 3. The highest BCUT2D eigenvalue weighted by Crippen LogP contribution is 2.32. The second-order valence-electron chi connectivity index (χ2n) is 6.74. The number of aromatic nitrogens is 3. The number of hydrogen-bond acceptors (Lipinski definition) is 7. The van der Waals surface area contributed by atoms with E-state index in [1.54, 1.807) is 48.5 Å². The smallest absolute Gasteiger partial charge is 0.234 e. The Bertz CT molecular complexity index is 1100. The molecule has 1 N–H and O–H groups in total. The summed E-state index contributed by atoms with van der Waals surface area (Å²) in [4.78, 5) is 12.5. The molecular formula is C22H21ClN4O4S. The fourth-order valence-electron chi connectivity index (χ4n) is 2.97. The van der Waals surface area contributed by atoms with Gasteiger partial charge in [0.25, 0.3) is 0 Å². The van der Waals surface area contributed by atoms with Gasteiger partial charge in [-0.05, 0) is 36.4 Å². The molecule has 8 nitrogen and oxygen atoms in total. The normalized spacial score (nSPS) is 12.3. The first-order chi connectivity index (χ1) is 15.6. The van der Waals surface area contributed by atoms with Crippen LogP contribution in [0.1, 0.15) is 5.82 Å². The number of carbonyl (C=O) groups is 1. The molecule has 0 bridgehead atoms. The number of fused-ring (bicyclic) bond motifs is 1. The van der Waals surface area contributed by atoms with Crippen LogP contribution in [0.4, 0.5) is 5.69 Å². The van der Waals surface area contributed by atoms with Crippen LogP contribution in [0.3, 0.4) is 0 Å².